The summed E-state index contributed by atoms with van der Waals surface area (Å²) in [6, 6.07) is 2.01. The lowest BCUT2D eigenvalue weighted by atomic mass is 9.96. The molecule has 0 spiro atoms. The Bertz CT molecular complexity index is 906. The number of hydrogen-bond acceptors (Lipinski definition) is 5. The second-order valence-corrected chi connectivity index (χ2v) is 8.18. The number of amides is 1. The molecule has 0 aromatic carbocycles. The van der Waals surface area contributed by atoms with Crippen LogP contribution in [0.25, 0.3) is 9.88 Å². The van der Waals surface area contributed by atoms with Crippen LogP contribution in [0.3, 0.4) is 0 Å². The number of fused-ring (bicyclic) bond motifs is 1. The number of thiazole rings is 1. The quantitative estimate of drug-likeness (QED) is 0.731. The molecule has 0 bridgehead atoms. The van der Waals surface area contributed by atoms with E-state index in [1.54, 1.807) is 22.7 Å². The summed E-state index contributed by atoms with van der Waals surface area (Å²) in [5.74, 6) is -0.128. The van der Waals surface area contributed by atoms with Gasteiger partial charge in [0.1, 0.15) is 5.01 Å². The van der Waals surface area contributed by atoms with Crippen molar-refractivity contribution in [1.29, 1.82) is 0 Å². The molecule has 2 N–H and O–H groups in total. The van der Waals surface area contributed by atoms with E-state index >= 15 is 0 Å². The molecule has 1 amide bonds. The summed E-state index contributed by atoms with van der Waals surface area (Å²) < 4.78 is 0. The lowest BCUT2D eigenvalue weighted by Crippen LogP contribution is -2.15. The van der Waals surface area contributed by atoms with E-state index < -0.39 is 0 Å². The van der Waals surface area contributed by atoms with Gasteiger partial charge >= 0.3 is 0 Å². The molecule has 5 nitrogen and oxygen atoms in total. The van der Waals surface area contributed by atoms with E-state index in [0.717, 1.165) is 63.1 Å². The van der Waals surface area contributed by atoms with Gasteiger partial charge in [0.25, 0.3) is 5.91 Å². The summed E-state index contributed by atoms with van der Waals surface area (Å²) in [5, 5.41) is 13.3. The van der Waals surface area contributed by atoms with E-state index in [-0.39, 0.29) is 5.91 Å². The first-order valence-electron chi connectivity index (χ1n) is 8.02. The molecule has 0 fully saturated rings. The summed E-state index contributed by atoms with van der Waals surface area (Å²) in [4.78, 5) is 19.3. The highest BCUT2D eigenvalue weighted by Gasteiger charge is 2.22. The summed E-state index contributed by atoms with van der Waals surface area (Å²) in [7, 11) is 0. The normalized spacial score (nSPS) is 13.8. The average Bonchev–Trinajstić information content (AvgIpc) is 3.26. The van der Waals surface area contributed by atoms with Gasteiger partial charge in [-0.25, -0.2) is 4.98 Å². The number of aromatic nitrogens is 3. The zero-order valence-corrected chi connectivity index (χ0v) is 15.2. The van der Waals surface area contributed by atoms with Crippen LogP contribution in [0.4, 0.5) is 5.69 Å². The van der Waals surface area contributed by atoms with E-state index in [1.807, 2.05) is 25.3 Å². The standard InChI is InChI=1S/C17H18N4OS2/c1-9-8-23-17(18-9)14-7-13(10(2)24-14)19-16(22)15-11-5-3-4-6-12(11)20-21-15/h7-8H,3-6H2,1-2H3,(H,19,22)(H,20,21). The Morgan fingerprint density at radius 1 is 1.29 bits per heavy atom. The van der Waals surface area contributed by atoms with E-state index in [9.17, 15) is 4.79 Å². The Hall–Kier alpha value is -1.99. The van der Waals surface area contributed by atoms with Gasteiger partial charge in [0.05, 0.1) is 10.6 Å². The molecule has 0 radical (unpaired) electrons. The molecule has 0 unspecified atom stereocenters. The van der Waals surface area contributed by atoms with Crippen molar-refractivity contribution in [3.63, 3.8) is 0 Å². The average molecular weight is 358 g/mol. The topological polar surface area (TPSA) is 70.7 Å². The van der Waals surface area contributed by atoms with Crippen LogP contribution in [0.5, 0.6) is 0 Å². The highest BCUT2D eigenvalue weighted by atomic mass is 32.1. The Morgan fingerprint density at radius 3 is 2.92 bits per heavy atom. The number of rotatable bonds is 3. The number of hydrogen-bond donors (Lipinski definition) is 2. The van der Waals surface area contributed by atoms with Crippen molar-refractivity contribution in [2.24, 2.45) is 0 Å². The fraction of sp³-hybridized carbons (Fsp3) is 0.353. The van der Waals surface area contributed by atoms with E-state index in [2.05, 4.69) is 20.5 Å². The monoisotopic (exact) mass is 358 g/mol. The molecule has 7 heteroatoms. The Kier molecular flexibility index (Phi) is 3.97. The third-order valence-corrected chi connectivity index (χ3v) is 6.45. The predicted molar refractivity (Wildman–Crippen MR) is 98.1 cm³/mol. The summed E-state index contributed by atoms with van der Waals surface area (Å²) in [6.45, 7) is 4.01. The van der Waals surface area contributed by atoms with Crippen LogP contribution >= 0.6 is 22.7 Å². The van der Waals surface area contributed by atoms with Crippen molar-refractivity contribution >= 4 is 34.3 Å². The minimum atomic E-state index is -0.128. The highest BCUT2D eigenvalue weighted by Crippen LogP contribution is 2.36. The summed E-state index contributed by atoms with van der Waals surface area (Å²) >= 11 is 3.28. The van der Waals surface area contributed by atoms with Crippen molar-refractivity contribution in [3.05, 3.63) is 39.0 Å². The second kappa shape index (κ2) is 6.14. The molecule has 4 rings (SSSR count). The van der Waals surface area contributed by atoms with Gasteiger partial charge in [0, 0.05) is 27.2 Å². The lowest BCUT2D eigenvalue weighted by Gasteiger charge is -2.11. The molecule has 0 aliphatic heterocycles. The Morgan fingerprint density at radius 2 is 2.12 bits per heavy atom. The number of thiophene rings is 1. The highest BCUT2D eigenvalue weighted by molar-refractivity contribution is 7.21. The van der Waals surface area contributed by atoms with Gasteiger partial charge in [-0.1, -0.05) is 0 Å². The molecular formula is C17H18N4OS2. The van der Waals surface area contributed by atoms with Crippen molar-refractivity contribution in [1.82, 2.24) is 15.2 Å². The van der Waals surface area contributed by atoms with Crippen LogP contribution in [-0.4, -0.2) is 21.1 Å². The molecule has 24 heavy (non-hydrogen) atoms. The zero-order valence-electron chi connectivity index (χ0n) is 13.6. The maximum atomic E-state index is 12.6. The van der Waals surface area contributed by atoms with Gasteiger partial charge in [-0.05, 0) is 45.6 Å². The first-order chi connectivity index (χ1) is 11.6. The minimum absolute atomic E-state index is 0.128. The SMILES string of the molecule is Cc1csc(-c2cc(NC(=O)c3n[nH]c4c3CCCC4)c(C)s2)n1. The fourth-order valence-corrected chi connectivity index (χ4v) is 4.86. The molecule has 3 aromatic rings. The van der Waals surface area contributed by atoms with Crippen molar-refractivity contribution in [2.45, 2.75) is 39.5 Å². The Balaban J connectivity index is 1.58. The first-order valence-corrected chi connectivity index (χ1v) is 9.72. The van der Waals surface area contributed by atoms with E-state index in [1.165, 1.54) is 0 Å². The number of nitrogens with one attached hydrogen (secondary N) is 2. The second-order valence-electron chi connectivity index (χ2n) is 6.07. The largest absolute Gasteiger partial charge is 0.320 e. The smallest absolute Gasteiger partial charge is 0.276 e. The van der Waals surface area contributed by atoms with Gasteiger partial charge < -0.3 is 5.32 Å². The maximum absolute atomic E-state index is 12.6. The molecular weight excluding hydrogens is 340 g/mol. The molecule has 124 valence electrons. The van der Waals surface area contributed by atoms with Gasteiger partial charge in [0.15, 0.2) is 5.69 Å². The zero-order chi connectivity index (χ0) is 16.7. The van der Waals surface area contributed by atoms with Crippen molar-refractivity contribution < 1.29 is 4.79 Å². The number of H-pyrrole nitrogens is 1. The van der Waals surface area contributed by atoms with Crippen LogP contribution in [0.15, 0.2) is 11.4 Å². The van der Waals surface area contributed by atoms with Crippen LogP contribution < -0.4 is 5.32 Å². The number of aromatic amines is 1. The van der Waals surface area contributed by atoms with Gasteiger partial charge in [0.2, 0.25) is 0 Å². The number of anilines is 1. The van der Waals surface area contributed by atoms with E-state index in [0.29, 0.717) is 5.69 Å². The third-order valence-electron chi connectivity index (χ3n) is 4.27. The van der Waals surface area contributed by atoms with Crippen LogP contribution in [0.2, 0.25) is 0 Å². The van der Waals surface area contributed by atoms with Crippen LogP contribution in [0.1, 0.15) is 45.2 Å². The molecule has 3 heterocycles. The molecule has 0 atom stereocenters. The van der Waals surface area contributed by atoms with Crippen molar-refractivity contribution in [3.8, 4) is 9.88 Å². The minimum Gasteiger partial charge on any atom is -0.320 e. The maximum Gasteiger partial charge on any atom is 0.276 e. The van der Waals surface area contributed by atoms with Crippen LogP contribution in [0, 0.1) is 13.8 Å². The number of nitrogens with zero attached hydrogens (tertiary/aromatic N) is 2. The molecule has 1 aliphatic carbocycles. The molecule has 3 aromatic heterocycles. The predicted octanol–water partition coefficient (Wildman–Crippen LogP) is 4.34. The molecule has 0 saturated heterocycles. The Labute approximate surface area is 148 Å². The third kappa shape index (κ3) is 2.78. The molecule has 0 saturated carbocycles. The van der Waals surface area contributed by atoms with Gasteiger partial charge in [-0.3, -0.25) is 9.89 Å². The summed E-state index contributed by atoms with van der Waals surface area (Å²) in [6.07, 6.45) is 4.20. The van der Waals surface area contributed by atoms with Gasteiger partial charge in [-0.15, -0.1) is 22.7 Å². The molecule has 1 aliphatic rings. The van der Waals surface area contributed by atoms with Gasteiger partial charge in [-0.2, -0.15) is 5.10 Å². The summed E-state index contributed by atoms with van der Waals surface area (Å²) in [5.41, 5.74) is 4.62. The van der Waals surface area contributed by atoms with Crippen LogP contribution in [-0.2, 0) is 12.8 Å². The number of carbonyl (C=O) groups is 1. The van der Waals surface area contributed by atoms with Crippen molar-refractivity contribution in [2.75, 3.05) is 5.32 Å². The number of aryl methyl sites for hydroxylation is 3. The number of carbonyl (C=O) groups excluding carboxylic acids is 1. The lowest BCUT2D eigenvalue weighted by molar-refractivity contribution is 0.102. The first kappa shape index (κ1) is 15.5. The fourth-order valence-electron chi connectivity index (χ4n) is 3.03. The van der Waals surface area contributed by atoms with E-state index in [4.69, 9.17) is 0 Å².